The number of carbonyl (C=O) groups is 1. The van der Waals surface area contributed by atoms with E-state index in [1.165, 1.54) is 0 Å². The molecule has 19 heavy (non-hydrogen) atoms. The van der Waals surface area contributed by atoms with Crippen LogP contribution in [0, 0.1) is 0 Å². The van der Waals surface area contributed by atoms with E-state index in [0.29, 0.717) is 11.7 Å². The minimum absolute atomic E-state index is 0.0792. The monoisotopic (exact) mass is 382 g/mol. The summed E-state index contributed by atoms with van der Waals surface area (Å²) < 4.78 is 3.87. The van der Waals surface area contributed by atoms with Gasteiger partial charge in [0, 0.05) is 21.2 Å². The van der Waals surface area contributed by atoms with Crippen molar-refractivity contribution < 1.29 is 4.79 Å². The van der Waals surface area contributed by atoms with Crippen LogP contribution < -0.4 is 5.32 Å². The van der Waals surface area contributed by atoms with Crippen molar-refractivity contribution in [2.45, 2.75) is 18.9 Å². The molecule has 1 aromatic heterocycles. The van der Waals surface area contributed by atoms with Crippen LogP contribution >= 0.6 is 31.9 Å². The number of rotatable bonds is 3. The molecule has 1 saturated carbocycles. The molecule has 2 aromatic rings. The van der Waals surface area contributed by atoms with Crippen LogP contribution in [-0.4, -0.2) is 10.5 Å². The molecule has 1 amide bonds. The predicted molar refractivity (Wildman–Crippen MR) is 82.5 cm³/mol. The molecular formula is C14H12Br2N2O. The maximum atomic E-state index is 12.4. The highest BCUT2D eigenvalue weighted by atomic mass is 79.9. The summed E-state index contributed by atoms with van der Waals surface area (Å²) >= 11 is 6.87. The highest BCUT2D eigenvalue weighted by Gasteiger charge is 2.27. The summed E-state index contributed by atoms with van der Waals surface area (Å²) in [6.07, 6.45) is 4.28. The SMILES string of the molecule is O=C(Nc1ccccc1Br)c1cc(Br)cn1C1CC1. The number of nitrogens with one attached hydrogen (secondary N) is 1. The Hall–Kier alpha value is -1.07. The van der Waals surface area contributed by atoms with Crippen LogP contribution in [0.3, 0.4) is 0 Å². The van der Waals surface area contributed by atoms with Gasteiger partial charge in [0.15, 0.2) is 0 Å². The van der Waals surface area contributed by atoms with E-state index >= 15 is 0 Å². The molecule has 1 aromatic carbocycles. The van der Waals surface area contributed by atoms with Crippen molar-refractivity contribution in [1.82, 2.24) is 4.57 Å². The quantitative estimate of drug-likeness (QED) is 0.825. The fraction of sp³-hybridized carbons (Fsp3) is 0.214. The Bertz CT molecular complexity index is 632. The number of amides is 1. The second kappa shape index (κ2) is 5.13. The lowest BCUT2D eigenvalue weighted by Crippen LogP contribution is -2.16. The first kappa shape index (κ1) is 12.9. The average Bonchev–Trinajstić information content (AvgIpc) is 3.15. The summed E-state index contributed by atoms with van der Waals surface area (Å²) in [4.78, 5) is 12.4. The van der Waals surface area contributed by atoms with E-state index in [1.807, 2.05) is 36.5 Å². The van der Waals surface area contributed by atoms with E-state index in [9.17, 15) is 4.79 Å². The van der Waals surface area contributed by atoms with E-state index in [0.717, 1.165) is 27.5 Å². The second-order valence-corrected chi connectivity index (χ2v) is 6.39. The first-order chi connectivity index (χ1) is 9.15. The van der Waals surface area contributed by atoms with Crippen molar-refractivity contribution in [3.8, 4) is 0 Å². The minimum atomic E-state index is -0.0792. The van der Waals surface area contributed by atoms with Crippen LogP contribution in [0.15, 0.2) is 45.5 Å². The van der Waals surface area contributed by atoms with Crippen molar-refractivity contribution in [3.63, 3.8) is 0 Å². The maximum Gasteiger partial charge on any atom is 0.272 e. The Labute approximate surface area is 128 Å². The zero-order valence-electron chi connectivity index (χ0n) is 10.1. The topological polar surface area (TPSA) is 34.0 Å². The van der Waals surface area contributed by atoms with Gasteiger partial charge in [-0.05, 0) is 62.9 Å². The van der Waals surface area contributed by atoms with Crippen LogP contribution in [0.4, 0.5) is 5.69 Å². The summed E-state index contributed by atoms with van der Waals surface area (Å²) in [5.41, 5.74) is 1.48. The molecule has 1 aliphatic rings. The van der Waals surface area contributed by atoms with Crippen LogP contribution in [-0.2, 0) is 0 Å². The molecule has 0 aliphatic heterocycles. The van der Waals surface area contributed by atoms with Crippen LogP contribution in [0.5, 0.6) is 0 Å². The van der Waals surface area contributed by atoms with Crippen molar-refractivity contribution in [2.75, 3.05) is 5.32 Å². The first-order valence-electron chi connectivity index (χ1n) is 6.08. The van der Waals surface area contributed by atoms with Gasteiger partial charge in [0.2, 0.25) is 0 Å². The largest absolute Gasteiger partial charge is 0.339 e. The summed E-state index contributed by atoms with van der Waals surface area (Å²) in [6, 6.07) is 9.95. The Morgan fingerprint density at radius 1 is 1.26 bits per heavy atom. The number of carbonyl (C=O) groups excluding carboxylic acids is 1. The van der Waals surface area contributed by atoms with Crippen LogP contribution in [0.2, 0.25) is 0 Å². The summed E-state index contributed by atoms with van der Waals surface area (Å²) in [5, 5.41) is 2.94. The van der Waals surface area contributed by atoms with Gasteiger partial charge in [-0.25, -0.2) is 0 Å². The Balaban J connectivity index is 1.86. The van der Waals surface area contributed by atoms with Crippen LogP contribution in [0.1, 0.15) is 29.4 Å². The molecule has 0 spiro atoms. The molecule has 98 valence electrons. The fourth-order valence-corrected chi connectivity index (χ4v) is 2.85. The molecular weight excluding hydrogens is 372 g/mol. The van der Waals surface area contributed by atoms with Crippen molar-refractivity contribution >= 4 is 43.5 Å². The predicted octanol–water partition coefficient (Wildman–Crippen LogP) is 4.60. The standard InChI is InChI=1S/C14H12Br2N2O/c15-9-7-13(18(8-9)10-5-6-10)14(19)17-12-4-2-1-3-11(12)16/h1-4,7-8,10H,5-6H2,(H,17,19). The minimum Gasteiger partial charge on any atom is -0.339 e. The molecule has 0 radical (unpaired) electrons. The molecule has 0 atom stereocenters. The van der Waals surface area contributed by atoms with Gasteiger partial charge in [-0.2, -0.15) is 0 Å². The lowest BCUT2D eigenvalue weighted by molar-refractivity contribution is 0.101. The number of aromatic nitrogens is 1. The zero-order chi connectivity index (χ0) is 13.4. The van der Waals surface area contributed by atoms with Gasteiger partial charge in [-0.1, -0.05) is 12.1 Å². The molecule has 3 rings (SSSR count). The van der Waals surface area contributed by atoms with E-state index in [2.05, 4.69) is 41.7 Å². The molecule has 1 fully saturated rings. The Kier molecular flexibility index (Phi) is 3.50. The van der Waals surface area contributed by atoms with E-state index < -0.39 is 0 Å². The summed E-state index contributed by atoms with van der Waals surface area (Å²) in [7, 11) is 0. The highest BCUT2D eigenvalue weighted by Crippen LogP contribution is 2.37. The molecule has 1 aliphatic carbocycles. The Morgan fingerprint density at radius 2 is 2.00 bits per heavy atom. The first-order valence-corrected chi connectivity index (χ1v) is 7.67. The highest BCUT2D eigenvalue weighted by molar-refractivity contribution is 9.10. The van der Waals surface area contributed by atoms with Gasteiger partial charge >= 0.3 is 0 Å². The van der Waals surface area contributed by atoms with Gasteiger partial charge in [0.1, 0.15) is 5.69 Å². The fourth-order valence-electron chi connectivity index (χ4n) is 2.03. The molecule has 5 heteroatoms. The van der Waals surface area contributed by atoms with E-state index in [4.69, 9.17) is 0 Å². The van der Waals surface area contributed by atoms with Crippen molar-refractivity contribution in [3.05, 3.63) is 51.2 Å². The van der Waals surface area contributed by atoms with Crippen molar-refractivity contribution in [1.29, 1.82) is 0 Å². The lowest BCUT2D eigenvalue weighted by Gasteiger charge is -2.09. The molecule has 0 bridgehead atoms. The maximum absolute atomic E-state index is 12.4. The number of hydrogen-bond acceptors (Lipinski definition) is 1. The third-order valence-corrected chi connectivity index (χ3v) is 4.24. The van der Waals surface area contributed by atoms with Gasteiger partial charge in [-0.15, -0.1) is 0 Å². The van der Waals surface area contributed by atoms with Gasteiger partial charge in [0.05, 0.1) is 5.69 Å². The third-order valence-electron chi connectivity index (χ3n) is 3.11. The number of hydrogen-bond donors (Lipinski definition) is 1. The smallest absolute Gasteiger partial charge is 0.272 e. The zero-order valence-corrected chi connectivity index (χ0v) is 13.2. The van der Waals surface area contributed by atoms with Gasteiger partial charge in [-0.3, -0.25) is 4.79 Å². The number of nitrogens with zero attached hydrogens (tertiary/aromatic N) is 1. The van der Waals surface area contributed by atoms with Gasteiger partial charge in [0.25, 0.3) is 5.91 Å². The number of anilines is 1. The normalized spacial score (nSPS) is 14.4. The second-order valence-electron chi connectivity index (χ2n) is 4.62. The lowest BCUT2D eigenvalue weighted by atomic mass is 10.3. The molecule has 1 N–H and O–H groups in total. The third kappa shape index (κ3) is 2.77. The summed E-state index contributed by atoms with van der Waals surface area (Å²) in [5.74, 6) is -0.0792. The van der Waals surface area contributed by atoms with Crippen LogP contribution in [0.25, 0.3) is 0 Å². The molecule has 3 nitrogen and oxygen atoms in total. The molecule has 0 saturated heterocycles. The number of benzene rings is 1. The number of para-hydroxylation sites is 1. The Morgan fingerprint density at radius 3 is 2.68 bits per heavy atom. The van der Waals surface area contributed by atoms with E-state index in [-0.39, 0.29) is 5.91 Å². The van der Waals surface area contributed by atoms with E-state index in [1.54, 1.807) is 0 Å². The average molecular weight is 384 g/mol. The number of halogens is 2. The molecule has 1 heterocycles. The van der Waals surface area contributed by atoms with Crippen molar-refractivity contribution in [2.24, 2.45) is 0 Å². The summed E-state index contributed by atoms with van der Waals surface area (Å²) in [6.45, 7) is 0. The van der Waals surface area contributed by atoms with Gasteiger partial charge < -0.3 is 9.88 Å². The molecule has 0 unspecified atom stereocenters.